The van der Waals surface area contributed by atoms with Crippen molar-refractivity contribution < 1.29 is 18.9 Å². The summed E-state index contributed by atoms with van der Waals surface area (Å²) in [6.45, 7) is 2.13. The lowest BCUT2D eigenvalue weighted by atomic mass is 9.89. The summed E-state index contributed by atoms with van der Waals surface area (Å²) in [6.07, 6.45) is 0.982. The van der Waals surface area contributed by atoms with Gasteiger partial charge < -0.3 is 24.3 Å². The Morgan fingerprint density at radius 2 is 1.71 bits per heavy atom. The van der Waals surface area contributed by atoms with E-state index in [0.717, 1.165) is 41.5 Å². The van der Waals surface area contributed by atoms with Gasteiger partial charge in [-0.05, 0) is 47.4 Å². The van der Waals surface area contributed by atoms with Crippen molar-refractivity contribution in [2.24, 2.45) is 0 Å². The highest BCUT2D eigenvalue weighted by Crippen LogP contribution is 2.40. The van der Waals surface area contributed by atoms with Gasteiger partial charge in [-0.1, -0.05) is 6.07 Å². The lowest BCUT2D eigenvalue weighted by Gasteiger charge is -2.30. The van der Waals surface area contributed by atoms with Gasteiger partial charge in [-0.2, -0.15) is 0 Å². The Labute approximate surface area is 141 Å². The molecule has 0 radical (unpaired) electrons. The second-order valence-corrected chi connectivity index (χ2v) is 5.95. The third-order valence-electron chi connectivity index (χ3n) is 4.60. The fraction of sp³-hybridized carbons (Fsp3) is 0.368. The third-order valence-corrected chi connectivity index (χ3v) is 4.60. The summed E-state index contributed by atoms with van der Waals surface area (Å²) >= 11 is 0. The molecule has 5 heteroatoms. The summed E-state index contributed by atoms with van der Waals surface area (Å²) in [5.74, 6) is 3.16. The maximum absolute atomic E-state index is 5.76. The summed E-state index contributed by atoms with van der Waals surface area (Å²) in [4.78, 5) is 0. The number of ether oxygens (including phenoxy) is 4. The molecule has 5 nitrogen and oxygen atoms in total. The molecule has 0 amide bonds. The Morgan fingerprint density at radius 3 is 2.46 bits per heavy atom. The normalized spacial score (nSPS) is 18.7. The molecule has 2 aliphatic rings. The summed E-state index contributed by atoms with van der Waals surface area (Å²) in [7, 11) is 3.31. The first-order valence-corrected chi connectivity index (χ1v) is 8.18. The third kappa shape index (κ3) is 2.55. The minimum atomic E-state index is 0.101. The molecule has 2 aromatic carbocycles. The molecule has 0 saturated carbocycles. The molecule has 0 aliphatic carbocycles. The molecule has 1 N–H and O–H groups in total. The van der Waals surface area contributed by atoms with E-state index in [1.807, 2.05) is 12.1 Å². The summed E-state index contributed by atoms with van der Waals surface area (Å²) in [5.41, 5.74) is 3.68. The maximum Gasteiger partial charge on any atom is 0.161 e. The SMILES string of the molecule is COc1ccc(C2NCCc3cc4c(cc32)OCCO4)cc1OC. The van der Waals surface area contributed by atoms with Crippen molar-refractivity contribution in [2.75, 3.05) is 34.0 Å². The highest BCUT2D eigenvalue weighted by atomic mass is 16.6. The van der Waals surface area contributed by atoms with Crippen LogP contribution < -0.4 is 24.3 Å². The Hall–Kier alpha value is -2.40. The number of rotatable bonds is 3. The van der Waals surface area contributed by atoms with Crippen molar-refractivity contribution in [2.45, 2.75) is 12.5 Å². The molecule has 24 heavy (non-hydrogen) atoms. The number of benzene rings is 2. The van der Waals surface area contributed by atoms with E-state index in [-0.39, 0.29) is 6.04 Å². The van der Waals surface area contributed by atoms with E-state index < -0.39 is 0 Å². The van der Waals surface area contributed by atoms with E-state index in [2.05, 4.69) is 23.5 Å². The first-order valence-electron chi connectivity index (χ1n) is 8.18. The van der Waals surface area contributed by atoms with Crippen LogP contribution in [0.15, 0.2) is 30.3 Å². The van der Waals surface area contributed by atoms with Crippen LogP contribution in [0, 0.1) is 0 Å². The van der Waals surface area contributed by atoms with Gasteiger partial charge in [0.1, 0.15) is 13.2 Å². The van der Waals surface area contributed by atoms with Crippen LogP contribution in [0.25, 0.3) is 0 Å². The standard InChI is InChI=1S/C19H21NO4/c1-21-15-4-3-13(10-16(15)22-2)19-14-11-18-17(23-7-8-24-18)9-12(14)5-6-20-19/h3-4,9-11,19-20H,5-8H2,1-2H3. The second-order valence-electron chi connectivity index (χ2n) is 5.95. The van der Waals surface area contributed by atoms with Crippen molar-refractivity contribution in [3.05, 3.63) is 47.0 Å². The smallest absolute Gasteiger partial charge is 0.161 e. The van der Waals surface area contributed by atoms with Crippen LogP contribution in [0.2, 0.25) is 0 Å². The van der Waals surface area contributed by atoms with Crippen molar-refractivity contribution in [1.29, 1.82) is 0 Å². The lowest BCUT2D eigenvalue weighted by molar-refractivity contribution is 0.171. The molecule has 4 rings (SSSR count). The van der Waals surface area contributed by atoms with Gasteiger partial charge >= 0.3 is 0 Å². The molecule has 2 aliphatic heterocycles. The molecule has 126 valence electrons. The number of fused-ring (bicyclic) bond motifs is 2. The minimum Gasteiger partial charge on any atom is -0.493 e. The predicted molar refractivity (Wildman–Crippen MR) is 90.5 cm³/mol. The van der Waals surface area contributed by atoms with E-state index in [4.69, 9.17) is 18.9 Å². The van der Waals surface area contributed by atoms with Gasteiger partial charge in [0, 0.05) is 6.54 Å². The Bertz CT molecular complexity index is 759. The topological polar surface area (TPSA) is 49.0 Å². The highest BCUT2D eigenvalue weighted by molar-refractivity contribution is 5.53. The molecule has 0 fully saturated rings. The average molecular weight is 327 g/mol. The maximum atomic E-state index is 5.76. The van der Waals surface area contributed by atoms with Crippen LogP contribution in [0.1, 0.15) is 22.7 Å². The molecule has 0 spiro atoms. The number of hydrogen-bond donors (Lipinski definition) is 1. The molecule has 0 aromatic heterocycles. The van der Waals surface area contributed by atoms with Gasteiger partial charge in [0.05, 0.1) is 20.3 Å². The Kier molecular flexibility index (Phi) is 3.94. The molecule has 1 unspecified atom stereocenters. The zero-order valence-electron chi connectivity index (χ0n) is 13.9. The van der Waals surface area contributed by atoms with Crippen LogP contribution >= 0.6 is 0 Å². The largest absolute Gasteiger partial charge is 0.493 e. The number of methoxy groups -OCH3 is 2. The fourth-order valence-corrected chi connectivity index (χ4v) is 3.42. The molecule has 0 saturated heterocycles. The van der Waals surface area contributed by atoms with Crippen LogP contribution in [-0.2, 0) is 6.42 Å². The van der Waals surface area contributed by atoms with Crippen LogP contribution in [0.3, 0.4) is 0 Å². The van der Waals surface area contributed by atoms with Crippen molar-refractivity contribution in [3.63, 3.8) is 0 Å². The molecule has 2 heterocycles. The van der Waals surface area contributed by atoms with Crippen LogP contribution in [0.5, 0.6) is 23.0 Å². The highest BCUT2D eigenvalue weighted by Gasteiger charge is 2.26. The quantitative estimate of drug-likeness (QED) is 0.939. The predicted octanol–water partition coefficient (Wildman–Crippen LogP) is 2.71. The summed E-state index contributed by atoms with van der Waals surface area (Å²) < 4.78 is 22.3. The van der Waals surface area contributed by atoms with E-state index >= 15 is 0 Å². The first kappa shape index (κ1) is 15.1. The summed E-state index contributed by atoms with van der Waals surface area (Å²) in [6, 6.07) is 10.4. The molecule has 1 atom stereocenters. The first-order chi connectivity index (χ1) is 11.8. The van der Waals surface area contributed by atoms with Crippen molar-refractivity contribution >= 4 is 0 Å². The van der Waals surface area contributed by atoms with Gasteiger partial charge in [-0.25, -0.2) is 0 Å². The van der Waals surface area contributed by atoms with Gasteiger partial charge in [-0.3, -0.25) is 0 Å². The van der Waals surface area contributed by atoms with Crippen molar-refractivity contribution in [1.82, 2.24) is 5.32 Å². The van der Waals surface area contributed by atoms with Crippen molar-refractivity contribution in [3.8, 4) is 23.0 Å². The van der Waals surface area contributed by atoms with E-state index in [9.17, 15) is 0 Å². The van der Waals surface area contributed by atoms with Gasteiger partial charge in [0.25, 0.3) is 0 Å². The molecular weight excluding hydrogens is 306 g/mol. The van der Waals surface area contributed by atoms with Crippen LogP contribution in [-0.4, -0.2) is 34.0 Å². The van der Waals surface area contributed by atoms with E-state index in [1.165, 1.54) is 11.1 Å². The Morgan fingerprint density at radius 1 is 0.958 bits per heavy atom. The molecule has 0 bridgehead atoms. The fourth-order valence-electron chi connectivity index (χ4n) is 3.42. The van der Waals surface area contributed by atoms with E-state index in [0.29, 0.717) is 13.2 Å². The number of nitrogens with one attached hydrogen (secondary N) is 1. The van der Waals surface area contributed by atoms with Gasteiger partial charge in [0.15, 0.2) is 23.0 Å². The molecule has 2 aromatic rings. The Balaban J connectivity index is 1.76. The minimum absolute atomic E-state index is 0.101. The molecular formula is C19H21NO4. The van der Waals surface area contributed by atoms with E-state index in [1.54, 1.807) is 14.2 Å². The zero-order valence-corrected chi connectivity index (χ0v) is 13.9. The monoisotopic (exact) mass is 327 g/mol. The van der Waals surface area contributed by atoms with Gasteiger partial charge in [0.2, 0.25) is 0 Å². The zero-order chi connectivity index (χ0) is 16.5. The number of hydrogen-bond acceptors (Lipinski definition) is 5. The average Bonchev–Trinajstić information content (AvgIpc) is 2.65. The van der Waals surface area contributed by atoms with Gasteiger partial charge in [-0.15, -0.1) is 0 Å². The van der Waals surface area contributed by atoms with Crippen LogP contribution in [0.4, 0.5) is 0 Å². The second kappa shape index (κ2) is 6.24. The summed E-state index contributed by atoms with van der Waals surface area (Å²) in [5, 5.41) is 3.59. The lowest BCUT2D eigenvalue weighted by Crippen LogP contribution is -2.31.